The number of piperazine rings is 1. The molecule has 5 nitrogen and oxygen atoms in total. The number of hydrogen-bond donors (Lipinski definition) is 1. The zero-order valence-electron chi connectivity index (χ0n) is 15.4. The van der Waals surface area contributed by atoms with Crippen molar-refractivity contribution in [3.63, 3.8) is 0 Å². The Bertz CT molecular complexity index is 624. The van der Waals surface area contributed by atoms with Gasteiger partial charge in [0.25, 0.3) is 0 Å². The van der Waals surface area contributed by atoms with Gasteiger partial charge in [-0.05, 0) is 56.0 Å². The Hall–Kier alpha value is -1.30. The van der Waals surface area contributed by atoms with Crippen LogP contribution in [0.15, 0.2) is 24.3 Å². The Morgan fingerprint density at radius 1 is 1.12 bits per heavy atom. The van der Waals surface area contributed by atoms with Crippen LogP contribution in [0.1, 0.15) is 18.4 Å². The van der Waals surface area contributed by atoms with Crippen LogP contribution in [0.5, 0.6) is 0 Å². The highest BCUT2D eigenvalue weighted by atomic mass is 35.5. The lowest BCUT2D eigenvalue weighted by Crippen LogP contribution is -2.62. The number of nitrogens with one attached hydrogen (secondary N) is 1. The number of carbonyl (C=O) groups is 1. The Labute approximate surface area is 161 Å². The lowest BCUT2D eigenvalue weighted by Gasteiger charge is -2.50. The van der Waals surface area contributed by atoms with Crippen LogP contribution in [0.25, 0.3) is 0 Å². The van der Waals surface area contributed by atoms with Gasteiger partial charge >= 0.3 is 6.03 Å². The van der Waals surface area contributed by atoms with Gasteiger partial charge in [-0.2, -0.15) is 0 Å². The van der Waals surface area contributed by atoms with E-state index in [1.807, 2.05) is 29.2 Å². The van der Waals surface area contributed by atoms with Crippen LogP contribution < -0.4 is 5.32 Å². The minimum atomic E-state index is 0.0700. The predicted molar refractivity (Wildman–Crippen MR) is 105 cm³/mol. The first-order valence-corrected chi connectivity index (χ1v) is 10.3. The van der Waals surface area contributed by atoms with E-state index in [9.17, 15) is 4.79 Å². The molecule has 1 aromatic rings. The minimum Gasteiger partial charge on any atom is -0.338 e. The van der Waals surface area contributed by atoms with Gasteiger partial charge in [0.1, 0.15) is 0 Å². The summed E-state index contributed by atoms with van der Waals surface area (Å²) < 4.78 is 0. The molecule has 5 rings (SSSR count). The summed E-state index contributed by atoms with van der Waals surface area (Å²) >= 11 is 6.01. The largest absolute Gasteiger partial charge is 0.338 e. The normalized spacial score (nSPS) is 29.0. The average Bonchev–Trinajstić information content (AvgIpc) is 2.69. The van der Waals surface area contributed by atoms with E-state index < -0.39 is 0 Å². The highest BCUT2D eigenvalue weighted by molar-refractivity contribution is 6.30. The van der Waals surface area contributed by atoms with E-state index in [2.05, 4.69) is 15.1 Å². The number of urea groups is 1. The molecule has 1 aromatic carbocycles. The number of benzene rings is 1. The summed E-state index contributed by atoms with van der Waals surface area (Å²) in [7, 11) is 0. The van der Waals surface area contributed by atoms with Crippen molar-refractivity contribution in [3.8, 4) is 0 Å². The van der Waals surface area contributed by atoms with E-state index >= 15 is 0 Å². The molecule has 142 valence electrons. The van der Waals surface area contributed by atoms with Crippen LogP contribution >= 0.6 is 11.6 Å². The third kappa shape index (κ3) is 4.16. The lowest BCUT2D eigenvalue weighted by molar-refractivity contribution is -0.0103. The lowest BCUT2D eigenvalue weighted by atomic mass is 9.83. The Balaban J connectivity index is 1.20. The molecule has 4 heterocycles. The fourth-order valence-corrected chi connectivity index (χ4v) is 4.94. The zero-order chi connectivity index (χ0) is 17.9. The molecular formula is C20H29ClN4O. The van der Waals surface area contributed by atoms with E-state index in [0.717, 1.165) is 49.1 Å². The maximum Gasteiger partial charge on any atom is 0.317 e. The first kappa shape index (κ1) is 18.1. The van der Waals surface area contributed by atoms with Gasteiger partial charge in [0, 0.05) is 50.3 Å². The maximum absolute atomic E-state index is 12.4. The van der Waals surface area contributed by atoms with Gasteiger partial charge in [0.05, 0.1) is 0 Å². The molecule has 4 fully saturated rings. The third-order valence-electron chi connectivity index (χ3n) is 6.27. The van der Waals surface area contributed by atoms with Crippen molar-refractivity contribution >= 4 is 17.6 Å². The maximum atomic E-state index is 12.4. The summed E-state index contributed by atoms with van der Waals surface area (Å²) in [6, 6.07) is 8.61. The average molecular weight is 377 g/mol. The molecule has 0 saturated carbocycles. The van der Waals surface area contributed by atoms with Gasteiger partial charge in [0.15, 0.2) is 0 Å². The third-order valence-corrected chi connectivity index (χ3v) is 6.51. The second-order valence-electron chi connectivity index (χ2n) is 7.84. The van der Waals surface area contributed by atoms with E-state index in [1.165, 1.54) is 32.5 Å². The molecule has 0 aliphatic carbocycles. The molecule has 0 aromatic heterocycles. The molecule has 0 radical (unpaired) electrons. The SMILES string of the molecule is O=C(NCCc1cccc(Cl)c1)N1CCN(C2CN3CCC2CC3)CC1. The van der Waals surface area contributed by atoms with Crippen LogP contribution in [0.4, 0.5) is 4.79 Å². The van der Waals surface area contributed by atoms with Crippen molar-refractivity contribution in [2.75, 3.05) is 52.4 Å². The van der Waals surface area contributed by atoms with Gasteiger partial charge in [-0.3, -0.25) is 4.90 Å². The quantitative estimate of drug-likeness (QED) is 0.876. The van der Waals surface area contributed by atoms with Gasteiger partial charge in [-0.1, -0.05) is 23.7 Å². The summed E-state index contributed by atoms with van der Waals surface area (Å²) in [6.45, 7) is 8.16. The number of halogens is 1. The molecule has 1 N–H and O–H groups in total. The molecular weight excluding hydrogens is 348 g/mol. The second kappa shape index (κ2) is 8.15. The molecule has 4 aliphatic heterocycles. The smallest absolute Gasteiger partial charge is 0.317 e. The van der Waals surface area contributed by atoms with Crippen LogP contribution in [0.2, 0.25) is 5.02 Å². The molecule has 1 atom stereocenters. The van der Waals surface area contributed by atoms with Gasteiger partial charge in [-0.25, -0.2) is 4.79 Å². The Morgan fingerprint density at radius 3 is 2.54 bits per heavy atom. The van der Waals surface area contributed by atoms with E-state index in [4.69, 9.17) is 11.6 Å². The standard InChI is InChI=1S/C20H29ClN4O/c21-18-3-1-2-16(14-18)4-7-22-20(26)25-12-10-24(11-13-25)19-15-23-8-5-17(19)6-9-23/h1-3,14,17,19H,4-13,15H2,(H,22,26). The summed E-state index contributed by atoms with van der Waals surface area (Å²) in [5.41, 5.74) is 1.16. The second-order valence-corrected chi connectivity index (χ2v) is 8.28. The number of piperidine rings is 3. The number of carbonyl (C=O) groups excluding carboxylic acids is 1. The summed E-state index contributed by atoms with van der Waals surface area (Å²) in [5.74, 6) is 0.873. The Morgan fingerprint density at radius 2 is 1.88 bits per heavy atom. The highest BCUT2D eigenvalue weighted by Gasteiger charge is 2.38. The van der Waals surface area contributed by atoms with Crippen LogP contribution in [-0.2, 0) is 6.42 Å². The molecule has 6 heteroatoms. The number of rotatable bonds is 4. The van der Waals surface area contributed by atoms with Crippen LogP contribution in [0.3, 0.4) is 0 Å². The van der Waals surface area contributed by atoms with Crippen molar-refractivity contribution < 1.29 is 4.79 Å². The zero-order valence-corrected chi connectivity index (χ0v) is 16.1. The van der Waals surface area contributed by atoms with Crippen LogP contribution in [0, 0.1) is 5.92 Å². The van der Waals surface area contributed by atoms with Crippen molar-refractivity contribution in [2.45, 2.75) is 25.3 Å². The van der Waals surface area contributed by atoms with Gasteiger partial charge in [-0.15, -0.1) is 0 Å². The van der Waals surface area contributed by atoms with Gasteiger partial charge in [0.2, 0.25) is 0 Å². The van der Waals surface area contributed by atoms with Crippen LogP contribution in [-0.4, -0.2) is 79.1 Å². The molecule has 1 unspecified atom stereocenters. The van der Waals surface area contributed by atoms with Crippen molar-refractivity contribution in [1.29, 1.82) is 0 Å². The van der Waals surface area contributed by atoms with E-state index in [1.54, 1.807) is 0 Å². The number of amides is 2. The monoisotopic (exact) mass is 376 g/mol. The molecule has 2 amide bonds. The number of nitrogens with zero attached hydrogens (tertiary/aromatic N) is 3. The number of hydrogen-bond acceptors (Lipinski definition) is 3. The first-order chi connectivity index (χ1) is 12.7. The summed E-state index contributed by atoms with van der Waals surface area (Å²) in [6.07, 6.45) is 3.52. The fraction of sp³-hybridized carbons (Fsp3) is 0.650. The van der Waals surface area contributed by atoms with Crippen molar-refractivity contribution in [1.82, 2.24) is 20.0 Å². The molecule has 26 heavy (non-hydrogen) atoms. The number of fused-ring (bicyclic) bond motifs is 3. The minimum absolute atomic E-state index is 0.0700. The Kier molecular flexibility index (Phi) is 5.67. The summed E-state index contributed by atoms with van der Waals surface area (Å²) in [5, 5.41) is 3.81. The topological polar surface area (TPSA) is 38.8 Å². The summed E-state index contributed by atoms with van der Waals surface area (Å²) in [4.78, 5) is 19.6. The molecule has 4 saturated heterocycles. The van der Waals surface area contributed by atoms with Crippen molar-refractivity contribution in [2.24, 2.45) is 5.92 Å². The molecule has 4 aliphatic rings. The first-order valence-electron chi connectivity index (χ1n) is 9.93. The predicted octanol–water partition coefficient (Wildman–Crippen LogP) is 2.30. The van der Waals surface area contributed by atoms with Crippen molar-refractivity contribution in [3.05, 3.63) is 34.9 Å². The molecule has 2 bridgehead atoms. The van der Waals surface area contributed by atoms with E-state index in [-0.39, 0.29) is 6.03 Å². The fourth-order valence-electron chi connectivity index (χ4n) is 4.72. The highest BCUT2D eigenvalue weighted by Crippen LogP contribution is 2.31. The molecule has 0 spiro atoms. The van der Waals surface area contributed by atoms with Gasteiger partial charge < -0.3 is 15.1 Å². The van der Waals surface area contributed by atoms with E-state index in [0.29, 0.717) is 12.6 Å².